The molecule has 1 aromatic heterocycles. The number of amides is 1. The predicted octanol–water partition coefficient (Wildman–Crippen LogP) is 3.53. The van der Waals surface area contributed by atoms with Gasteiger partial charge in [0.05, 0.1) is 0 Å². The zero-order valence-corrected chi connectivity index (χ0v) is 12.4. The van der Waals surface area contributed by atoms with Gasteiger partial charge in [-0.3, -0.25) is 4.79 Å². The number of nitrogens with one attached hydrogen (secondary N) is 2. The summed E-state index contributed by atoms with van der Waals surface area (Å²) in [4.78, 5) is 14.8. The highest BCUT2D eigenvalue weighted by Gasteiger charge is 2.11. The van der Waals surface area contributed by atoms with Crippen LogP contribution in [-0.4, -0.2) is 16.9 Å². The number of halogens is 1. The van der Waals surface area contributed by atoms with Gasteiger partial charge < -0.3 is 10.3 Å². The number of carbonyl (C=O) groups is 1. The van der Waals surface area contributed by atoms with E-state index < -0.39 is 0 Å². The number of carbonyl (C=O) groups excluding carboxylic acids is 1. The molecule has 0 aliphatic rings. The van der Waals surface area contributed by atoms with E-state index in [9.17, 15) is 4.79 Å². The van der Waals surface area contributed by atoms with Gasteiger partial charge in [0.1, 0.15) is 5.69 Å². The van der Waals surface area contributed by atoms with Gasteiger partial charge in [-0.2, -0.15) is 0 Å². The minimum atomic E-state index is -0.0636. The number of rotatable bonds is 5. The molecule has 1 aromatic carbocycles. The Hall–Kier alpha value is -1.55. The second kappa shape index (κ2) is 6.57. The van der Waals surface area contributed by atoms with Crippen LogP contribution in [0, 0.1) is 0 Å². The first-order valence-corrected chi connectivity index (χ1v) is 7.13. The molecule has 1 atom stereocenters. The summed E-state index contributed by atoms with van der Waals surface area (Å²) in [7, 11) is 0. The van der Waals surface area contributed by atoms with E-state index in [-0.39, 0.29) is 11.9 Å². The van der Waals surface area contributed by atoms with Crippen molar-refractivity contribution in [1.82, 2.24) is 10.3 Å². The summed E-state index contributed by atoms with van der Waals surface area (Å²) in [6, 6.07) is 12.2. The number of hydrogen-bond acceptors (Lipinski definition) is 1. The fourth-order valence-electron chi connectivity index (χ4n) is 1.90. The summed E-state index contributed by atoms with van der Waals surface area (Å²) in [6.07, 6.45) is 3.65. The van der Waals surface area contributed by atoms with E-state index in [1.165, 1.54) is 5.56 Å². The number of aromatic nitrogens is 1. The van der Waals surface area contributed by atoms with Gasteiger partial charge in [-0.25, -0.2) is 0 Å². The number of aryl methyl sites for hydroxylation is 1. The summed E-state index contributed by atoms with van der Waals surface area (Å²) >= 11 is 3.32. The molecule has 19 heavy (non-hydrogen) atoms. The van der Waals surface area contributed by atoms with Crippen LogP contribution in [0.4, 0.5) is 0 Å². The standard InChI is InChI=1S/C15H17BrN2O/c1-11(7-8-12-5-3-2-4-6-12)18-15(19)14-9-13(16)10-17-14/h2-6,9-11,17H,7-8H2,1H3,(H,18,19). The third-order valence-corrected chi connectivity index (χ3v) is 3.44. The molecule has 1 amide bonds. The quantitative estimate of drug-likeness (QED) is 0.869. The van der Waals surface area contributed by atoms with E-state index in [4.69, 9.17) is 0 Å². The van der Waals surface area contributed by atoms with Gasteiger partial charge in [-0.05, 0) is 47.3 Å². The Labute approximate surface area is 121 Å². The largest absolute Gasteiger partial charge is 0.356 e. The van der Waals surface area contributed by atoms with Gasteiger partial charge in [0, 0.05) is 16.7 Å². The lowest BCUT2D eigenvalue weighted by atomic mass is 10.1. The van der Waals surface area contributed by atoms with Crippen molar-refractivity contribution in [2.24, 2.45) is 0 Å². The van der Waals surface area contributed by atoms with Gasteiger partial charge in [0.25, 0.3) is 5.91 Å². The predicted molar refractivity (Wildman–Crippen MR) is 80.2 cm³/mol. The van der Waals surface area contributed by atoms with Crippen LogP contribution < -0.4 is 5.32 Å². The lowest BCUT2D eigenvalue weighted by Gasteiger charge is -2.13. The van der Waals surface area contributed by atoms with Crippen LogP contribution in [0.5, 0.6) is 0 Å². The molecule has 0 saturated heterocycles. The monoisotopic (exact) mass is 320 g/mol. The molecule has 0 spiro atoms. The fraction of sp³-hybridized carbons (Fsp3) is 0.267. The maximum absolute atomic E-state index is 11.9. The van der Waals surface area contributed by atoms with Gasteiger partial charge in [0.2, 0.25) is 0 Å². The Morgan fingerprint density at radius 2 is 2.11 bits per heavy atom. The molecule has 2 rings (SSSR count). The van der Waals surface area contributed by atoms with Crippen LogP contribution >= 0.6 is 15.9 Å². The van der Waals surface area contributed by atoms with Gasteiger partial charge in [0.15, 0.2) is 0 Å². The van der Waals surface area contributed by atoms with Gasteiger partial charge >= 0.3 is 0 Å². The van der Waals surface area contributed by atoms with Crippen LogP contribution in [0.2, 0.25) is 0 Å². The van der Waals surface area contributed by atoms with Crippen molar-refractivity contribution in [2.75, 3.05) is 0 Å². The van der Waals surface area contributed by atoms with E-state index in [2.05, 4.69) is 38.4 Å². The van der Waals surface area contributed by atoms with Crippen molar-refractivity contribution in [2.45, 2.75) is 25.8 Å². The minimum absolute atomic E-state index is 0.0636. The van der Waals surface area contributed by atoms with Crippen molar-refractivity contribution in [3.8, 4) is 0 Å². The van der Waals surface area contributed by atoms with E-state index in [0.29, 0.717) is 5.69 Å². The average molecular weight is 321 g/mol. The molecule has 2 N–H and O–H groups in total. The molecule has 1 unspecified atom stereocenters. The molecule has 0 bridgehead atoms. The molecule has 0 fully saturated rings. The lowest BCUT2D eigenvalue weighted by Crippen LogP contribution is -2.33. The molecule has 0 radical (unpaired) electrons. The summed E-state index contributed by atoms with van der Waals surface area (Å²) < 4.78 is 0.884. The lowest BCUT2D eigenvalue weighted by molar-refractivity contribution is 0.0934. The summed E-state index contributed by atoms with van der Waals surface area (Å²) in [6.45, 7) is 2.03. The summed E-state index contributed by atoms with van der Waals surface area (Å²) in [5.74, 6) is -0.0636. The zero-order chi connectivity index (χ0) is 13.7. The van der Waals surface area contributed by atoms with Crippen LogP contribution in [0.25, 0.3) is 0 Å². The van der Waals surface area contributed by atoms with E-state index >= 15 is 0 Å². The first kappa shape index (κ1) is 13.9. The highest BCUT2D eigenvalue weighted by Crippen LogP contribution is 2.11. The van der Waals surface area contributed by atoms with Crippen molar-refractivity contribution in [1.29, 1.82) is 0 Å². The smallest absolute Gasteiger partial charge is 0.267 e. The second-order valence-corrected chi connectivity index (χ2v) is 5.55. The number of hydrogen-bond donors (Lipinski definition) is 2. The third-order valence-electron chi connectivity index (χ3n) is 2.98. The molecule has 4 heteroatoms. The molecule has 0 saturated carbocycles. The van der Waals surface area contributed by atoms with Gasteiger partial charge in [-0.1, -0.05) is 30.3 Å². The average Bonchev–Trinajstić information content (AvgIpc) is 2.84. The third kappa shape index (κ3) is 4.24. The van der Waals surface area contributed by atoms with Crippen LogP contribution in [0.3, 0.4) is 0 Å². The molecule has 0 aliphatic carbocycles. The van der Waals surface area contributed by atoms with E-state index in [1.54, 1.807) is 12.3 Å². The molecule has 100 valence electrons. The maximum atomic E-state index is 11.9. The van der Waals surface area contributed by atoms with Crippen molar-refractivity contribution in [3.05, 3.63) is 58.3 Å². The molecule has 1 heterocycles. The van der Waals surface area contributed by atoms with Crippen molar-refractivity contribution >= 4 is 21.8 Å². The normalized spacial score (nSPS) is 12.1. The molecular formula is C15H17BrN2O. The number of benzene rings is 1. The highest BCUT2D eigenvalue weighted by atomic mass is 79.9. The van der Waals surface area contributed by atoms with Crippen LogP contribution in [-0.2, 0) is 6.42 Å². The second-order valence-electron chi connectivity index (χ2n) is 4.63. The Morgan fingerprint density at radius 3 is 2.74 bits per heavy atom. The Bertz CT molecular complexity index is 536. The number of aromatic amines is 1. The topological polar surface area (TPSA) is 44.9 Å². The molecule has 3 nitrogen and oxygen atoms in total. The Morgan fingerprint density at radius 1 is 1.37 bits per heavy atom. The van der Waals surface area contributed by atoms with E-state index in [0.717, 1.165) is 17.3 Å². The minimum Gasteiger partial charge on any atom is -0.356 e. The zero-order valence-electron chi connectivity index (χ0n) is 10.8. The number of H-pyrrole nitrogens is 1. The Kier molecular flexibility index (Phi) is 4.80. The molecule has 2 aromatic rings. The molecular weight excluding hydrogens is 304 g/mol. The first-order valence-electron chi connectivity index (χ1n) is 6.34. The van der Waals surface area contributed by atoms with Crippen molar-refractivity contribution < 1.29 is 4.79 Å². The summed E-state index contributed by atoms with van der Waals surface area (Å²) in [5.41, 5.74) is 1.88. The molecule has 0 aliphatic heterocycles. The van der Waals surface area contributed by atoms with Gasteiger partial charge in [-0.15, -0.1) is 0 Å². The van der Waals surface area contributed by atoms with Crippen LogP contribution in [0.15, 0.2) is 47.1 Å². The maximum Gasteiger partial charge on any atom is 0.267 e. The van der Waals surface area contributed by atoms with E-state index in [1.807, 2.05) is 25.1 Å². The highest BCUT2D eigenvalue weighted by molar-refractivity contribution is 9.10. The van der Waals surface area contributed by atoms with Crippen molar-refractivity contribution in [3.63, 3.8) is 0 Å². The summed E-state index contributed by atoms with van der Waals surface area (Å²) in [5, 5.41) is 2.99. The fourth-order valence-corrected chi connectivity index (χ4v) is 2.24. The SMILES string of the molecule is CC(CCc1ccccc1)NC(=O)c1cc(Br)c[nH]1. The first-order chi connectivity index (χ1) is 9.15. The van der Waals surface area contributed by atoms with Crippen LogP contribution in [0.1, 0.15) is 29.4 Å². The Balaban J connectivity index is 1.81.